The molecule has 1 atom stereocenters. The molecule has 0 aromatic rings. The number of amides is 1. The van der Waals surface area contributed by atoms with Gasteiger partial charge in [0.25, 0.3) is 0 Å². The third kappa shape index (κ3) is 2.22. The van der Waals surface area contributed by atoms with Crippen molar-refractivity contribution in [1.82, 2.24) is 5.32 Å². The van der Waals surface area contributed by atoms with Crippen molar-refractivity contribution >= 4 is 17.5 Å². The van der Waals surface area contributed by atoms with Gasteiger partial charge < -0.3 is 5.32 Å². The van der Waals surface area contributed by atoms with E-state index in [1.165, 1.54) is 0 Å². The van der Waals surface area contributed by atoms with Crippen LogP contribution in [0, 0.1) is 0 Å². The minimum Gasteiger partial charge on any atom is -0.352 e. The Hall–Kier alpha value is -0.240. The molecule has 3 heteroatoms. The van der Waals surface area contributed by atoms with E-state index >= 15 is 0 Å². The van der Waals surface area contributed by atoms with E-state index in [-0.39, 0.29) is 11.3 Å². The van der Waals surface area contributed by atoms with E-state index in [1.54, 1.807) is 6.92 Å². The molecule has 1 saturated carbocycles. The molecule has 1 amide bonds. The van der Waals surface area contributed by atoms with Gasteiger partial charge in [0.1, 0.15) is 5.38 Å². The van der Waals surface area contributed by atoms with Gasteiger partial charge >= 0.3 is 0 Å². The first-order valence-corrected chi connectivity index (χ1v) is 3.58. The molecule has 0 aliphatic heterocycles. The molecule has 0 spiro atoms. The lowest BCUT2D eigenvalue weighted by atomic mass is 10.4. The second-order valence-electron chi connectivity index (χ2n) is 2.40. The number of carbonyl (C=O) groups excluding carboxylic acids is 1. The third-order valence-electron chi connectivity index (χ3n) is 1.29. The first-order valence-electron chi connectivity index (χ1n) is 3.14. The fourth-order valence-corrected chi connectivity index (χ4v) is 0.607. The third-order valence-corrected chi connectivity index (χ3v) is 1.48. The van der Waals surface area contributed by atoms with Crippen molar-refractivity contribution in [2.45, 2.75) is 31.2 Å². The van der Waals surface area contributed by atoms with Crippen LogP contribution in [0.4, 0.5) is 0 Å². The van der Waals surface area contributed by atoms with Crippen LogP contribution in [0.2, 0.25) is 0 Å². The summed E-state index contributed by atoms with van der Waals surface area (Å²) >= 11 is 5.49. The molecule has 0 unspecified atom stereocenters. The maximum atomic E-state index is 10.8. The zero-order valence-electron chi connectivity index (χ0n) is 5.36. The van der Waals surface area contributed by atoms with E-state index in [0.717, 1.165) is 12.8 Å². The summed E-state index contributed by atoms with van der Waals surface area (Å²) in [6, 6.07) is 0.429. The average molecular weight is 148 g/mol. The highest BCUT2D eigenvalue weighted by Gasteiger charge is 2.24. The molecule has 0 bridgehead atoms. The summed E-state index contributed by atoms with van der Waals surface area (Å²) in [5, 5.41) is 2.40. The highest BCUT2D eigenvalue weighted by molar-refractivity contribution is 6.30. The molecule has 1 aliphatic rings. The summed E-state index contributed by atoms with van der Waals surface area (Å²) in [5.41, 5.74) is 0. The summed E-state index contributed by atoms with van der Waals surface area (Å²) in [4.78, 5) is 10.8. The number of nitrogens with one attached hydrogen (secondary N) is 1. The highest BCUT2D eigenvalue weighted by Crippen LogP contribution is 2.18. The van der Waals surface area contributed by atoms with Gasteiger partial charge in [0, 0.05) is 6.04 Å². The molecule has 1 aliphatic carbocycles. The maximum absolute atomic E-state index is 10.8. The number of rotatable bonds is 2. The van der Waals surface area contributed by atoms with Crippen molar-refractivity contribution in [3.05, 3.63) is 0 Å². The van der Waals surface area contributed by atoms with Crippen LogP contribution in [-0.2, 0) is 4.79 Å². The summed E-state index contributed by atoms with van der Waals surface area (Å²) < 4.78 is 0. The number of alkyl halides is 1. The van der Waals surface area contributed by atoms with Crippen molar-refractivity contribution in [3.63, 3.8) is 0 Å². The van der Waals surface area contributed by atoms with Gasteiger partial charge in [0.05, 0.1) is 0 Å². The van der Waals surface area contributed by atoms with Gasteiger partial charge in [0.15, 0.2) is 0 Å². The summed E-state index contributed by atoms with van der Waals surface area (Å²) in [6.45, 7) is 1.68. The largest absolute Gasteiger partial charge is 0.352 e. The van der Waals surface area contributed by atoms with Gasteiger partial charge in [-0.3, -0.25) is 4.79 Å². The van der Waals surface area contributed by atoms with Crippen LogP contribution in [0.3, 0.4) is 0 Å². The zero-order valence-corrected chi connectivity index (χ0v) is 6.11. The van der Waals surface area contributed by atoms with E-state index in [2.05, 4.69) is 5.32 Å². The fraction of sp³-hybridized carbons (Fsp3) is 0.833. The van der Waals surface area contributed by atoms with E-state index in [0.29, 0.717) is 6.04 Å². The minimum absolute atomic E-state index is 0.0424. The molecule has 1 rings (SSSR count). The van der Waals surface area contributed by atoms with Crippen molar-refractivity contribution in [2.24, 2.45) is 0 Å². The fourth-order valence-electron chi connectivity index (χ4n) is 0.544. The molecular formula is C6H10ClNO. The van der Waals surface area contributed by atoms with Gasteiger partial charge in [0.2, 0.25) is 5.91 Å². The molecule has 0 aromatic carbocycles. The number of hydrogen-bond donors (Lipinski definition) is 1. The lowest BCUT2D eigenvalue weighted by molar-refractivity contribution is -0.120. The number of hydrogen-bond acceptors (Lipinski definition) is 1. The van der Waals surface area contributed by atoms with E-state index in [4.69, 9.17) is 11.6 Å². The predicted molar refractivity (Wildman–Crippen MR) is 36.5 cm³/mol. The number of carbonyl (C=O) groups is 1. The van der Waals surface area contributed by atoms with Crippen molar-refractivity contribution in [1.29, 1.82) is 0 Å². The maximum Gasteiger partial charge on any atom is 0.237 e. The summed E-state index contributed by atoms with van der Waals surface area (Å²) in [7, 11) is 0. The molecule has 0 saturated heterocycles. The van der Waals surface area contributed by atoms with Crippen molar-refractivity contribution < 1.29 is 4.79 Å². The Bertz CT molecular complexity index is 120. The lowest BCUT2D eigenvalue weighted by Crippen LogP contribution is -2.31. The Morgan fingerprint density at radius 3 is 2.67 bits per heavy atom. The van der Waals surface area contributed by atoms with Crippen LogP contribution in [0.5, 0.6) is 0 Å². The second-order valence-corrected chi connectivity index (χ2v) is 3.05. The van der Waals surface area contributed by atoms with Gasteiger partial charge in [-0.2, -0.15) is 0 Å². The van der Waals surface area contributed by atoms with Crippen LogP contribution in [0.1, 0.15) is 19.8 Å². The van der Waals surface area contributed by atoms with Crippen LogP contribution in [0.15, 0.2) is 0 Å². The smallest absolute Gasteiger partial charge is 0.237 e. The highest BCUT2D eigenvalue weighted by atomic mass is 35.5. The van der Waals surface area contributed by atoms with Gasteiger partial charge in [-0.1, -0.05) is 0 Å². The van der Waals surface area contributed by atoms with Crippen LogP contribution in [0.25, 0.3) is 0 Å². The van der Waals surface area contributed by atoms with Gasteiger partial charge in [-0.15, -0.1) is 11.6 Å². The average Bonchev–Trinajstić information content (AvgIpc) is 2.50. The monoisotopic (exact) mass is 147 g/mol. The Labute approximate surface area is 59.6 Å². The molecular weight excluding hydrogens is 138 g/mol. The van der Waals surface area contributed by atoms with Crippen molar-refractivity contribution in [3.8, 4) is 0 Å². The quantitative estimate of drug-likeness (QED) is 0.578. The van der Waals surface area contributed by atoms with Gasteiger partial charge in [-0.05, 0) is 19.8 Å². The SMILES string of the molecule is C[C@@H](Cl)C(=O)NC1CC1. The van der Waals surface area contributed by atoms with E-state index < -0.39 is 0 Å². The lowest BCUT2D eigenvalue weighted by Gasteiger charge is -2.02. The van der Waals surface area contributed by atoms with Gasteiger partial charge in [-0.25, -0.2) is 0 Å². The Kier molecular flexibility index (Phi) is 1.96. The van der Waals surface area contributed by atoms with E-state index in [1.807, 2.05) is 0 Å². The molecule has 0 aromatic heterocycles. The Morgan fingerprint density at radius 2 is 2.33 bits per heavy atom. The molecule has 0 heterocycles. The molecule has 2 nitrogen and oxygen atoms in total. The topological polar surface area (TPSA) is 29.1 Å². The van der Waals surface area contributed by atoms with Crippen LogP contribution in [-0.4, -0.2) is 17.3 Å². The zero-order chi connectivity index (χ0) is 6.85. The Balaban J connectivity index is 2.17. The molecule has 52 valence electrons. The second kappa shape index (κ2) is 2.56. The molecule has 0 radical (unpaired) electrons. The number of halogens is 1. The molecule has 9 heavy (non-hydrogen) atoms. The first-order chi connectivity index (χ1) is 4.20. The standard InChI is InChI=1S/C6H10ClNO/c1-4(7)6(9)8-5-2-3-5/h4-5H,2-3H2,1H3,(H,8,9)/t4-/m1/s1. The molecule has 1 fully saturated rings. The normalized spacial score (nSPS) is 21.1. The minimum atomic E-state index is -0.384. The Morgan fingerprint density at radius 1 is 1.78 bits per heavy atom. The van der Waals surface area contributed by atoms with E-state index in [9.17, 15) is 4.79 Å². The summed E-state index contributed by atoms with van der Waals surface area (Å²) in [6.07, 6.45) is 2.24. The van der Waals surface area contributed by atoms with Crippen LogP contribution >= 0.6 is 11.6 Å². The first kappa shape index (κ1) is 6.87. The van der Waals surface area contributed by atoms with Crippen LogP contribution < -0.4 is 5.32 Å². The van der Waals surface area contributed by atoms with Crippen molar-refractivity contribution in [2.75, 3.05) is 0 Å². The molecule has 1 N–H and O–H groups in total. The summed E-state index contributed by atoms with van der Waals surface area (Å²) in [5.74, 6) is -0.0424. The predicted octanol–water partition coefficient (Wildman–Crippen LogP) is 0.892.